The summed E-state index contributed by atoms with van der Waals surface area (Å²) in [5.74, 6) is 7.65. The van der Waals surface area contributed by atoms with Gasteiger partial charge in [0.05, 0.1) is 6.61 Å². The number of para-hydroxylation sites is 1. The zero-order chi connectivity index (χ0) is 12.8. The fourth-order valence-corrected chi connectivity index (χ4v) is 2.42. The third-order valence-corrected chi connectivity index (χ3v) is 3.38. The summed E-state index contributed by atoms with van der Waals surface area (Å²) in [5.41, 5.74) is 1.32. The molecule has 0 fully saturated rings. The summed E-state index contributed by atoms with van der Waals surface area (Å²) in [4.78, 5) is 0. The van der Waals surface area contributed by atoms with Crippen molar-refractivity contribution in [3.63, 3.8) is 0 Å². The van der Waals surface area contributed by atoms with Crippen molar-refractivity contribution in [2.24, 2.45) is 0 Å². The highest BCUT2D eigenvalue weighted by Crippen LogP contribution is 2.36. The molecular formula is C16H21NO. The van der Waals surface area contributed by atoms with E-state index in [0.717, 1.165) is 31.7 Å². The van der Waals surface area contributed by atoms with E-state index in [1.807, 2.05) is 13.0 Å². The molecule has 0 saturated carbocycles. The topological polar surface area (TPSA) is 21.3 Å². The first-order chi connectivity index (χ1) is 8.86. The molecule has 1 aliphatic heterocycles. The van der Waals surface area contributed by atoms with Crippen molar-refractivity contribution in [1.82, 2.24) is 5.32 Å². The van der Waals surface area contributed by atoms with Gasteiger partial charge in [0.25, 0.3) is 0 Å². The molecule has 0 aliphatic carbocycles. The summed E-state index contributed by atoms with van der Waals surface area (Å²) in [6.45, 7) is 5.89. The Balaban J connectivity index is 2.13. The molecule has 1 aliphatic rings. The maximum Gasteiger partial charge on any atom is 0.122 e. The Kier molecular flexibility index (Phi) is 4.66. The maximum atomic E-state index is 5.76. The fourth-order valence-electron chi connectivity index (χ4n) is 2.42. The van der Waals surface area contributed by atoms with E-state index in [9.17, 15) is 0 Å². The minimum atomic E-state index is 0.390. The van der Waals surface area contributed by atoms with Crippen molar-refractivity contribution >= 4 is 0 Å². The zero-order valence-corrected chi connectivity index (χ0v) is 11.2. The van der Waals surface area contributed by atoms with Crippen molar-refractivity contribution in [2.75, 3.05) is 13.2 Å². The molecule has 2 nitrogen and oxygen atoms in total. The standard InChI is InChI=1S/C16H21NO/c1-3-5-9-15(17-11-4-2)14-12-18-16-10-7-6-8-13(14)16/h6-8,10,14-15,17H,4,9,11-12H2,1-2H3. The second-order valence-electron chi connectivity index (χ2n) is 4.65. The van der Waals surface area contributed by atoms with Crippen LogP contribution in [0.1, 0.15) is 38.2 Å². The van der Waals surface area contributed by atoms with Crippen molar-refractivity contribution < 1.29 is 4.74 Å². The average molecular weight is 243 g/mol. The summed E-state index contributed by atoms with van der Waals surface area (Å²) >= 11 is 0. The average Bonchev–Trinajstić information content (AvgIpc) is 2.83. The molecule has 0 radical (unpaired) electrons. The third kappa shape index (κ3) is 2.86. The van der Waals surface area contributed by atoms with Crippen molar-refractivity contribution in [3.8, 4) is 17.6 Å². The number of ether oxygens (including phenoxy) is 1. The molecule has 2 unspecified atom stereocenters. The summed E-state index contributed by atoms with van der Waals surface area (Å²) in [7, 11) is 0. The molecule has 0 spiro atoms. The molecule has 0 bridgehead atoms. The van der Waals surface area contributed by atoms with Gasteiger partial charge < -0.3 is 10.1 Å². The normalized spacial score (nSPS) is 18.4. The summed E-state index contributed by atoms with van der Waals surface area (Å²) in [5, 5.41) is 3.60. The van der Waals surface area contributed by atoms with Gasteiger partial charge in [0, 0.05) is 23.9 Å². The van der Waals surface area contributed by atoms with Gasteiger partial charge in [0.2, 0.25) is 0 Å². The minimum absolute atomic E-state index is 0.390. The second-order valence-corrected chi connectivity index (χ2v) is 4.65. The first kappa shape index (κ1) is 13.0. The van der Waals surface area contributed by atoms with Gasteiger partial charge in [-0.3, -0.25) is 0 Å². The van der Waals surface area contributed by atoms with E-state index in [0.29, 0.717) is 12.0 Å². The van der Waals surface area contributed by atoms with Gasteiger partial charge in [-0.15, -0.1) is 11.8 Å². The van der Waals surface area contributed by atoms with E-state index in [1.54, 1.807) is 0 Å². The highest BCUT2D eigenvalue weighted by molar-refractivity contribution is 5.40. The summed E-state index contributed by atoms with van der Waals surface area (Å²) in [6, 6.07) is 8.73. The first-order valence-corrected chi connectivity index (χ1v) is 6.71. The third-order valence-electron chi connectivity index (χ3n) is 3.38. The molecule has 1 heterocycles. The van der Waals surface area contributed by atoms with Crippen LogP contribution in [0.3, 0.4) is 0 Å². The van der Waals surface area contributed by atoms with E-state index in [4.69, 9.17) is 4.74 Å². The molecule has 1 aromatic carbocycles. The van der Waals surface area contributed by atoms with Gasteiger partial charge >= 0.3 is 0 Å². The Morgan fingerprint density at radius 3 is 3.06 bits per heavy atom. The van der Waals surface area contributed by atoms with Crippen LogP contribution in [-0.2, 0) is 0 Å². The van der Waals surface area contributed by atoms with Crippen LogP contribution in [0.2, 0.25) is 0 Å². The summed E-state index contributed by atoms with van der Waals surface area (Å²) < 4.78 is 5.76. The SMILES string of the molecule is CC#CCC(NCCC)C1COc2ccccc21. The van der Waals surface area contributed by atoms with E-state index in [1.165, 1.54) is 5.56 Å². The van der Waals surface area contributed by atoms with E-state index < -0.39 is 0 Å². The van der Waals surface area contributed by atoms with Crippen LogP contribution in [-0.4, -0.2) is 19.2 Å². The Bertz CT molecular complexity index is 444. The maximum absolute atomic E-state index is 5.76. The number of hydrogen-bond donors (Lipinski definition) is 1. The quantitative estimate of drug-likeness (QED) is 0.803. The molecule has 2 atom stereocenters. The van der Waals surface area contributed by atoms with Crippen LogP contribution in [0, 0.1) is 11.8 Å². The molecule has 1 aromatic rings. The molecule has 0 amide bonds. The molecule has 0 saturated heterocycles. The largest absolute Gasteiger partial charge is 0.493 e. The highest BCUT2D eigenvalue weighted by atomic mass is 16.5. The molecule has 18 heavy (non-hydrogen) atoms. The van der Waals surface area contributed by atoms with Crippen LogP contribution in [0.4, 0.5) is 0 Å². The molecule has 1 N–H and O–H groups in total. The summed E-state index contributed by atoms with van der Waals surface area (Å²) in [6.07, 6.45) is 2.03. The lowest BCUT2D eigenvalue weighted by atomic mass is 9.91. The monoisotopic (exact) mass is 243 g/mol. The molecule has 96 valence electrons. The van der Waals surface area contributed by atoms with Gasteiger partial charge in [0.15, 0.2) is 0 Å². The van der Waals surface area contributed by atoms with Crippen molar-refractivity contribution in [3.05, 3.63) is 29.8 Å². The number of nitrogens with one attached hydrogen (secondary N) is 1. The minimum Gasteiger partial charge on any atom is -0.493 e. The number of rotatable bonds is 5. The van der Waals surface area contributed by atoms with Gasteiger partial charge in [-0.1, -0.05) is 25.1 Å². The highest BCUT2D eigenvalue weighted by Gasteiger charge is 2.30. The fraction of sp³-hybridized carbons (Fsp3) is 0.500. The Hall–Kier alpha value is -1.46. The number of benzene rings is 1. The van der Waals surface area contributed by atoms with Crippen LogP contribution in [0.25, 0.3) is 0 Å². The second kappa shape index (κ2) is 6.47. The predicted molar refractivity (Wildman–Crippen MR) is 74.8 cm³/mol. The van der Waals surface area contributed by atoms with Gasteiger partial charge in [-0.05, 0) is 26.0 Å². The van der Waals surface area contributed by atoms with Crippen molar-refractivity contribution in [1.29, 1.82) is 0 Å². The zero-order valence-electron chi connectivity index (χ0n) is 11.2. The molecule has 2 rings (SSSR count). The smallest absolute Gasteiger partial charge is 0.122 e. The Morgan fingerprint density at radius 1 is 1.44 bits per heavy atom. The van der Waals surface area contributed by atoms with Gasteiger partial charge in [-0.25, -0.2) is 0 Å². The van der Waals surface area contributed by atoms with Crippen LogP contribution in [0.15, 0.2) is 24.3 Å². The number of hydrogen-bond acceptors (Lipinski definition) is 2. The van der Waals surface area contributed by atoms with E-state index in [-0.39, 0.29) is 0 Å². The van der Waals surface area contributed by atoms with Crippen LogP contribution >= 0.6 is 0 Å². The number of fused-ring (bicyclic) bond motifs is 1. The molecular weight excluding hydrogens is 222 g/mol. The molecule has 0 aromatic heterocycles. The Morgan fingerprint density at radius 2 is 2.28 bits per heavy atom. The van der Waals surface area contributed by atoms with E-state index >= 15 is 0 Å². The van der Waals surface area contributed by atoms with Crippen LogP contribution in [0.5, 0.6) is 5.75 Å². The van der Waals surface area contributed by atoms with Gasteiger partial charge in [-0.2, -0.15) is 0 Å². The first-order valence-electron chi connectivity index (χ1n) is 6.71. The van der Waals surface area contributed by atoms with Crippen LogP contribution < -0.4 is 10.1 Å². The van der Waals surface area contributed by atoms with Gasteiger partial charge in [0.1, 0.15) is 5.75 Å². The lowest BCUT2D eigenvalue weighted by Crippen LogP contribution is -2.36. The molecule has 2 heteroatoms. The Labute approximate surface area is 110 Å². The van der Waals surface area contributed by atoms with Crippen molar-refractivity contribution in [2.45, 2.75) is 38.6 Å². The lowest BCUT2D eigenvalue weighted by Gasteiger charge is -2.22. The van der Waals surface area contributed by atoms with E-state index in [2.05, 4.69) is 42.3 Å². The lowest BCUT2D eigenvalue weighted by molar-refractivity contribution is 0.299. The predicted octanol–water partition coefficient (Wildman–Crippen LogP) is 2.94.